The summed E-state index contributed by atoms with van der Waals surface area (Å²) >= 11 is 9.59. The monoisotopic (exact) mass is 516 g/mol. The van der Waals surface area contributed by atoms with Gasteiger partial charge in [0.2, 0.25) is 0 Å². The molecule has 0 amide bonds. The summed E-state index contributed by atoms with van der Waals surface area (Å²) < 4.78 is 17.9. The molecule has 0 saturated carbocycles. The summed E-state index contributed by atoms with van der Waals surface area (Å²) in [6.45, 7) is 4.55. The molecule has 4 rings (SSSR count). The SMILES string of the molecule is COc1cc(CNc2ccc(N3CCOCC3)cc2)cc(Br)c1OCc1ccc(Cl)cc1. The molecule has 5 nitrogen and oxygen atoms in total. The molecule has 3 aromatic carbocycles. The smallest absolute Gasteiger partial charge is 0.175 e. The Bertz CT molecular complexity index is 1020. The van der Waals surface area contributed by atoms with Crippen LogP contribution in [0.3, 0.4) is 0 Å². The Labute approximate surface area is 202 Å². The maximum Gasteiger partial charge on any atom is 0.175 e. The molecule has 168 valence electrons. The van der Waals surface area contributed by atoms with Crippen LogP contribution >= 0.6 is 27.5 Å². The van der Waals surface area contributed by atoms with Gasteiger partial charge in [0.05, 0.1) is 24.8 Å². The third-order valence-corrected chi connectivity index (χ3v) is 6.17. The zero-order chi connectivity index (χ0) is 22.3. The van der Waals surface area contributed by atoms with Gasteiger partial charge in [0.1, 0.15) is 6.61 Å². The first kappa shape index (κ1) is 22.8. The van der Waals surface area contributed by atoms with Crippen molar-refractivity contribution in [1.82, 2.24) is 0 Å². The molecular weight excluding hydrogens is 492 g/mol. The molecule has 0 unspecified atom stereocenters. The number of anilines is 2. The van der Waals surface area contributed by atoms with Crippen LogP contribution in [0.15, 0.2) is 65.1 Å². The quantitative estimate of drug-likeness (QED) is 0.389. The third kappa shape index (κ3) is 5.88. The fourth-order valence-electron chi connectivity index (χ4n) is 3.57. The van der Waals surface area contributed by atoms with Crippen molar-refractivity contribution in [3.63, 3.8) is 0 Å². The summed E-state index contributed by atoms with van der Waals surface area (Å²) in [4.78, 5) is 2.35. The van der Waals surface area contributed by atoms with E-state index in [0.29, 0.717) is 29.7 Å². The van der Waals surface area contributed by atoms with E-state index in [4.69, 9.17) is 25.8 Å². The molecule has 1 heterocycles. The minimum absolute atomic E-state index is 0.430. The highest BCUT2D eigenvalue weighted by molar-refractivity contribution is 9.10. The second-order valence-electron chi connectivity index (χ2n) is 7.52. The number of hydrogen-bond acceptors (Lipinski definition) is 5. The van der Waals surface area contributed by atoms with Crippen molar-refractivity contribution in [3.8, 4) is 11.5 Å². The predicted octanol–water partition coefficient (Wildman–Crippen LogP) is 6.14. The lowest BCUT2D eigenvalue weighted by atomic mass is 10.2. The molecular formula is C25H26BrClN2O3. The normalized spacial score (nSPS) is 13.7. The van der Waals surface area contributed by atoms with Crippen LogP contribution in [0.1, 0.15) is 11.1 Å². The number of morpholine rings is 1. The lowest BCUT2D eigenvalue weighted by Gasteiger charge is -2.29. The molecule has 0 spiro atoms. The van der Waals surface area contributed by atoms with Crippen LogP contribution in [0.4, 0.5) is 11.4 Å². The standard InChI is InChI=1S/C25H26BrClN2O3/c1-30-24-15-19(14-23(26)25(24)32-17-18-2-4-20(27)5-3-18)16-28-21-6-8-22(9-7-21)29-10-12-31-13-11-29/h2-9,14-15,28H,10-13,16-17H2,1H3. The van der Waals surface area contributed by atoms with Crippen LogP contribution in [-0.4, -0.2) is 33.4 Å². The molecule has 0 aromatic heterocycles. The van der Waals surface area contributed by atoms with Gasteiger partial charge in [-0.15, -0.1) is 0 Å². The third-order valence-electron chi connectivity index (χ3n) is 5.33. The fraction of sp³-hybridized carbons (Fsp3) is 0.280. The van der Waals surface area contributed by atoms with E-state index in [1.807, 2.05) is 30.3 Å². The first-order valence-electron chi connectivity index (χ1n) is 10.5. The highest BCUT2D eigenvalue weighted by Gasteiger charge is 2.13. The Morgan fingerprint density at radius 2 is 1.72 bits per heavy atom. The maximum absolute atomic E-state index is 6.02. The van der Waals surface area contributed by atoms with Crippen LogP contribution in [0.5, 0.6) is 11.5 Å². The summed E-state index contributed by atoms with van der Waals surface area (Å²) in [5.41, 5.74) is 4.42. The van der Waals surface area contributed by atoms with Gasteiger partial charge in [-0.3, -0.25) is 0 Å². The molecule has 32 heavy (non-hydrogen) atoms. The minimum Gasteiger partial charge on any atom is -0.493 e. The van der Waals surface area contributed by atoms with E-state index >= 15 is 0 Å². The molecule has 3 aromatic rings. The Kier molecular flexibility index (Phi) is 7.79. The van der Waals surface area contributed by atoms with Crippen molar-refractivity contribution in [2.75, 3.05) is 43.6 Å². The highest BCUT2D eigenvalue weighted by Crippen LogP contribution is 2.37. The molecule has 7 heteroatoms. The summed E-state index contributed by atoms with van der Waals surface area (Å²) in [7, 11) is 1.65. The molecule has 0 aliphatic carbocycles. The molecule has 1 N–H and O–H groups in total. The maximum atomic E-state index is 6.02. The Morgan fingerprint density at radius 3 is 2.41 bits per heavy atom. The highest BCUT2D eigenvalue weighted by atomic mass is 79.9. The molecule has 1 saturated heterocycles. The number of nitrogens with zero attached hydrogens (tertiary/aromatic N) is 1. The van der Waals surface area contributed by atoms with Gasteiger partial charge in [-0.25, -0.2) is 0 Å². The zero-order valence-electron chi connectivity index (χ0n) is 17.9. The summed E-state index contributed by atoms with van der Waals surface area (Å²) in [5, 5.41) is 4.19. The molecule has 0 atom stereocenters. The number of benzene rings is 3. The van der Waals surface area contributed by atoms with Gasteiger partial charge in [0.15, 0.2) is 11.5 Å². The predicted molar refractivity (Wildman–Crippen MR) is 133 cm³/mol. The summed E-state index contributed by atoms with van der Waals surface area (Å²) in [5.74, 6) is 1.37. The van der Waals surface area contributed by atoms with Crippen molar-refractivity contribution in [2.24, 2.45) is 0 Å². The van der Waals surface area contributed by atoms with E-state index in [-0.39, 0.29) is 0 Å². The van der Waals surface area contributed by atoms with E-state index < -0.39 is 0 Å². The van der Waals surface area contributed by atoms with Gasteiger partial charge in [0, 0.05) is 36.0 Å². The van der Waals surface area contributed by atoms with E-state index in [2.05, 4.69) is 56.5 Å². The van der Waals surface area contributed by atoms with Crippen LogP contribution < -0.4 is 19.7 Å². The van der Waals surface area contributed by atoms with E-state index in [1.165, 1.54) is 5.69 Å². The van der Waals surface area contributed by atoms with Gasteiger partial charge >= 0.3 is 0 Å². The Morgan fingerprint density at radius 1 is 1.00 bits per heavy atom. The van der Waals surface area contributed by atoms with Crippen LogP contribution in [-0.2, 0) is 17.9 Å². The molecule has 1 aliphatic heterocycles. The number of ether oxygens (including phenoxy) is 3. The summed E-state index contributed by atoms with van der Waals surface area (Å²) in [6.07, 6.45) is 0. The van der Waals surface area contributed by atoms with Crippen molar-refractivity contribution < 1.29 is 14.2 Å². The van der Waals surface area contributed by atoms with Crippen LogP contribution in [0, 0.1) is 0 Å². The topological polar surface area (TPSA) is 43.0 Å². The molecule has 1 aliphatic rings. The minimum atomic E-state index is 0.430. The molecule has 1 fully saturated rings. The van der Waals surface area contributed by atoms with Crippen molar-refractivity contribution in [2.45, 2.75) is 13.2 Å². The van der Waals surface area contributed by atoms with E-state index in [9.17, 15) is 0 Å². The zero-order valence-corrected chi connectivity index (χ0v) is 20.3. The van der Waals surface area contributed by atoms with Crippen LogP contribution in [0.25, 0.3) is 0 Å². The van der Waals surface area contributed by atoms with Crippen LogP contribution in [0.2, 0.25) is 5.02 Å². The van der Waals surface area contributed by atoms with Crippen molar-refractivity contribution >= 4 is 38.9 Å². The number of nitrogens with one attached hydrogen (secondary N) is 1. The van der Waals surface area contributed by atoms with Gasteiger partial charge in [-0.1, -0.05) is 23.7 Å². The average molecular weight is 518 g/mol. The lowest BCUT2D eigenvalue weighted by Crippen LogP contribution is -2.36. The number of methoxy groups -OCH3 is 1. The van der Waals surface area contributed by atoms with Gasteiger partial charge in [-0.2, -0.15) is 0 Å². The Balaban J connectivity index is 1.38. The van der Waals surface area contributed by atoms with Gasteiger partial charge in [0.25, 0.3) is 0 Å². The van der Waals surface area contributed by atoms with E-state index in [1.54, 1.807) is 7.11 Å². The number of halogens is 2. The van der Waals surface area contributed by atoms with Gasteiger partial charge < -0.3 is 24.4 Å². The average Bonchev–Trinajstić information content (AvgIpc) is 2.83. The van der Waals surface area contributed by atoms with E-state index in [0.717, 1.165) is 47.6 Å². The lowest BCUT2D eigenvalue weighted by molar-refractivity contribution is 0.122. The first-order valence-corrected chi connectivity index (χ1v) is 11.7. The number of hydrogen-bond donors (Lipinski definition) is 1. The number of rotatable bonds is 8. The largest absolute Gasteiger partial charge is 0.493 e. The Hall–Kier alpha value is -2.41. The van der Waals surface area contributed by atoms with Crippen molar-refractivity contribution in [3.05, 3.63) is 81.3 Å². The second kappa shape index (κ2) is 10.9. The molecule has 0 radical (unpaired) electrons. The molecule has 0 bridgehead atoms. The first-order chi connectivity index (χ1) is 15.6. The van der Waals surface area contributed by atoms with Crippen molar-refractivity contribution in [1.29, 1.82) is 0 Å². The summed E-state index contributed by atoms with van der Waals surface area (Å²) in [6, 6.07) is 20.2. The second-order valence-corrected chi connectivity index (χ2v) is 8.81. The fourth-order valence-corrected chi connectivity index (χ4v) is 4.30. The van der Waals surface area contributed by atoms with Gasteiger partial charge in [-0.05, 0) is 75.6 Å².